The van der Waals surface area contributed by atoms with Crippen molar-refractivity contribution in [2.24, 2.45) is 0 Å². The zero-order valence-corrected chi connectivity index (χ0v) is 10.4. The molecule has 1 aromatic carbocycles. The monoisotopic (exact) mass is 234 g/mol. The maximum atomic E-state index is 6.35. The van der Waals surface area contributed by atoms with E-state index in [1.807, 2.05) is 0 Å². The van der Waals surface area contributed by atoms with E-state index in [0.717, 1.165) is 5.92 Å². The van der Waals surface area contributed by atoms with Crippen LogP contribution in [0.3, 0.4) is 0 Å². The van der Waals surface area contributed by atoms with Crippen LogP contribution in [0.4, 0.5) is 0 Å². The highest BCUT2D eigenvalue weighted by Crippen LogP contribution is 2.40. The van der Waals surface area contributed by atoms with Gasteiger partial charge in [-0.15, -0.1) is 11.6 Å². The summed E-state index contributed by atoms with van der Waals surface area (Å²) in [5.41, 5.74) is 3.00. The van der Waals surface area contributed by atoms with Crippen LogP contribution in [0, 0.1) is 0 Å². The first-order valence-electron chi connectivity index (χ1n) is 6.58. The Morgan fingerprint density at radius 1 is 0.812 bits per heavy atom. The summed E-state index contributed by atoms with van der Waals surface area (Å²) in [7, 11) is 0. The summed E-state index contributed by atoms with van der Waals surface area (Å²) in [4.78, 5) is 0. The van der Waals surface area contributed by atoms with Crippen molar-refractivity contribution in [2.75, 3.05) is 0 Å². The third-order valence-corrected chi connectivity index (χ3v) is 4.90. The van der Waals surface area contributed by atoms with Gasteiger partial charge in [0.15, 0.2) is 0 Å². The molecular formula is C15H19Cl. The maximum absolute atomic E-state index is 6.35. The number of benzene rings is 1. The lowest BCUT2D eigenvalue weighted by Crippen LogP contribution is -2.09. The van der Waals surface area contributed by atoms with E-state index in [1.165, 1.54) is 44.1 Å². The average Bonchev–Trinajstić information content (AvgIpc) is 2.63. The lowest BCUT2D eigenvalue weighted by atomic mass is 9.79. The SMILES string of the molecule is ClC1CCCC1c1ccc(C2CCC2)cc1. The van der Waals surface area contributed by atoms with Crippen molar-refractivity contribution >= 4 is 11.6 Å². The first-order chi connectivity index (χ1) is 7.84. The second kappa shape index (κ2) is 4.41. The smallest absolute Gasteiger partial charge is 0.0404 e. The number of hydrogen-bond acceptors (Lipinski definition) is 0. The van der Waals surface area contributed by atoms with E-state index in [4.69, 9.17) is 11.6 Å². The molecule has 0 amide bonds. The molecule has 16 heavy (non-hydrogen) atoms. The Labute approximate surface area is 103 Å². The second-order valence-corrected chi connectivity index (χ2v) is 5.91. The van der Waals surface area contributed by atoms with Crippen molar-refractivity contribution < 1.29 is 0 Å². The van der Waals surface area contributed by atoms with Gasteiger partial charge in [-0.2, -0.15) is 0 Å². The molecule has 0 aliphatic heterocycles. The number of alkyl halides is 1. The van der Waals surface area contributed by atoms with Gasteiger partial charge in [-0.25, -0.2) is 0 Å². The molecule has 2 aliphatic carbocycles. The van der Waals surface area contributed by atoms with E-state index >= 15 is 0 Å². The fourth-order valence-electron chi connectivity index (χ4n) is 3.05. The molecule has 2 aliphatic rings. The number of halogens is 1. The fourth-order valence-corrected chi connectivity index (χ4v) is 3.47. The Kier molecular flexibility index (Phi) is 2.93. The molecule has 0 bridgehead atoms. The molecule has 0 aromatic heterocycles. The number of hydrogen-bond donors (Lipinski definition) is 0. The molecular weight excluding hydrogens is 216 g/mol. The van der Waals surface area contributed by atoms with Crippen molar-refractivity contribution in [1.29, 1.82) is 0 Å². The summed E-state index contributed by atoms with van der Waals surface area (Å²) in [6, 6.07) is 9.31. The van der Waals surface area contributed by atoms with Gasteiger partial charge in [0.2, 0.25) is 0 Å². The summed E-state index contributed by atoms with van der Waals surface area (Å²) < 4.78 is 0. The van der Waals surface area contributed by atoms with E-state index in [0.29, 0.717) is 11.3 Å². The van der Waals surface area contributed by atoms with Crippen LogP contribution in [0.2, 0.25) is 0 Å². The van der Waals surface area contributed by atoms with Crippen LogP contribution in [0.25, 0.3) is 0 Å². The minimum absolute atomic E-state index is 0.370. The summed E-state index contributed by atoms with van der Waals surface area (Å²) in [6.07, 6.45) is 7.96. The predicted molar refractivity (Wildman–Crippen MR) is 69.3 cm³/mol. The Bertz CT molecular complexity index is 350. The highest BCUT2D eigenvalue weighted by Gasteiger charge is 2.27. The molecule has 0 nitrogen and oxygen atoms in total. The van der Waals surface area contributed by atoms with Crippen LogP contribution in [-0.4, -0.2) is 5.38 Å². The molecule has 0 heterocycles. The predicted octanol–water partition coefficient (Wildman–Crippen LogP) is 4.83. The van der Waals surface area contributed by atoms with Gasteiger partial charge in [-0.3, -0.25) is 0 Å². The summed E-state index contributed by atoms with van der Waals surface area (Å²) in [5, 5.41) is 0.370. The third kappa shape index (κ3) is 1.88. The van der Waals surface area contributed by atoms with Crippen molar-refractivity contribution in [2.45, 2.75) is 55.7 Å². The van der Waals surface area contributed by atoms with Crippen molar-refractivity contribution in [1.82, 2.24) is 0 Å². The quantitative estimate of drug-likeness (QED) is 0.643. The van der Waals surface area contributed by atoms with Crippen LogP contribution in [0.5, 0.6) is 0 Å². The standard InChI is InChI=1S/C15H19Cl/c16-15-6-2-5-14(15)13-9-7-12(8-10-13)11-3-1-4-11/h7-11,14-15H,1-6H2. The van der Waals surface area contributed by atoms with Crippen molar-refractivity contribution in [3.05, 3.63) is 35.4 Å². The molecule has 2 fully saturated rings. The molecule has 3 rings (SSSR count). The lowest BCUT2D eigenvalue weighted by Gasteiger charge is -2.26. The van der Waals surface area contributed by atoms with Crippen LogP contribution < -0.4 is 0 Å². The van der Waals surface area contributed by atoms with Gasteiger partial charge in [-0.1, -0.05) is 37.1 Å². The van der Waals surface area contributed by atoms with Gasteiger partial charge in [0.25, 0.3) is 0 Å². The van der Waals surface area contributed by atoms with Gasteiger partial charge < -0.3 is 0 Å². The largest absolute Gasteiger partial charge is 0.122 e. The van der Waals surface area contributed by atoms with Crippen molar-refractivity contribution in [3.8, 4) is 0 Å². The molecule has 0 N–H and O–H groups in total. The fraction of sp³-hybridized carbons (Fsp3) is 0.600. The Balaban J connectivity index is 1.76. The van der Waals surface area contributed by atoms with Gasteiger partial charge in [0, 0.05) is 11.3 Å². The Hall–Kier alpha value is -0.490. The van der Waals surface area contributed by atoms with Gasteiger partial charge in [0.05, 0.1) is 0 Å². The number of rotatable bonds is 2. The van der Waals surface area contributed by atoms with Gasteiger partial charge in [0.1, 0.15) is 0 Å². The molecule has 1 aromatic rings. The van der Waals surface area contributed by atoms with Gasteiger partial charge in [-0.05, 0) is 42.7 Å². The highest BCUT2D eigenvalue weighted by atomic mass is 35.5. The van der Waals surface area contributed by atoms with E-state index in [2.05, 4.69) is 24.3 Å². The Morgan fingerprint density at radius 2 is 1.44 bits per heavy atom. The van der Waals surface area contributed by atoms with Gasteiger partial charge >= 0.3 is 0 Å². The second-order valence-electron chi connectivity index (χ2n) is 5.35. The topological polar surface area (TPSA) is 0 Å². The van der Waals surface area contributed by atoms with Crippen LogP contribution >= 0.6 is 11.6 Å². The van der Waals surface area contributed by atoms with E-state index in [9.17, 15) is 0 Å². The minimum atomic E-state index is 0.370. The summed E-state index contributed by atoms with van der Waals surface area (Å²) in [6.45, 7) is 0. The van der Waals surface area contributed by atoms with Crippen LogP contribution in [0.1, 0.15) is 61.5 Å². The molecule has 2 saturated carbocycles. The molecule has 2 unspecified atom stereocenters. The summed E-state index contributed by atoms with van der Waals surface area (Å²) >= 11 is 6.35. The first kappa shape index (κ1) is 10.7. The average molecular weight is 235 g/mol. The van der Waals surface area contributed by atoms with E-state index in [1.54, 1.807) is 5.56 Å². The lowest BCUT2D eigenvalue weighted by molar-refractivity contribution is 0.419. The minimum Gasteiger partial charge on any atom is -0.122 e. The maximum Gasteiger partial charge on any atom is 0.0404 e. The van der Waals surface area contributed by atoms with E-state index < -0.39 is 0 Å². The third-order valence-electron chi connectivity index (χ3n) is 4.37. The molecule has 0 saturated heterocycles. The molecule has 0 radical (unpaired) electrons. The molecule has 86 valence electrons. The molecule has 1 heteroatoms. The normalized spacial score (nSPS) is 30.3. The zero-order valence-electron chi connectivity index (χ0n) is 9.66. The summed E-state index contributed by atoms with van der Waals surface area (Å²) in [5.74, 6) is 1.46. The highest BCUT2D eigenvalue weighted by molar-refractivity contribution is 6.21. The Morgan fingerprint density at radius 3 is 1.94 bits per heavy atom. The van der Waals surface area contributed by atoms with E-state index in [-0.39, 0.29) is 0 Å². The van der Waals surface area contributed by atoms with Crippen LogP contribution in [-0.2, 0) is 0 Å². The van der Waals surface area contributed by atoms with Crippen molar-refractivity contribution in [3.63, 3.8) is 0 Å². The molecule has 0 spiro atoms. The van der Waals surface area contributed by atoms with Crippen LogP contribution in [0.15, 0.2) is 24.3 Å². The zero-order chi connectivity index (χ0) is 11.0. The first-order valence-corrected chi connectivity index (χ1v) is 7.02. The molecule has 2 atom stereocenters.